The zero-order chi connectivity index (χ0) is 11.8. The molecule has 1 aromatic heterocycles. The van der Waals surface area contributed by atoms with E-state index in [1.54, 1.807) is 0 Å². The van der Waals surface area contributed by atoms with Crippen molar-refractivity contribution in [1.29, 1.82) is 0 Å². The Morgan fingerprint density at radius 3 is 3.12 bits per heavy atom. The normalized spacial score (nSPS) is 22.6. The number of fused-ring (bicyclic) bond motifs is 1. The first kappa shape index (κ1) is 10.4. The molecule has 0 spiro atoms. The van der Waals surface area contributed by atoms with Crippen LogP contribution in [-0.4, -0.2) is 16.9 Å². The van der Waals surface area contributed by atoms with E-state index in [1.165, 1.54) is 0 Å². The number of carbonyl (C=O) groups is 1. The van der Waals surface area contributed by atoms with Gasteiger partial charge in [-0.2, -0.15) is 0 Å². The largest absolute Gasteiger partial charge is 0.361 e. The molecule has 2 aromatic rings. The lowest BCUT2D eigenvalue weighted by atomic mass is 10.1. The third-order valence-corrected chi connectivity index (χ3v) is 3.58. The quantitative estimate of drug-likeness (QED) is 0.833. The SMILES string of the molecule is CCC1CC1NC(=O)c1ccc2[nH]ccc2c1. The molecule has 1 amide bonds. The van der Waals surface area contributed by atoms with Crippen molar-refractivity contribution in [1.82, 2.24) is 10.3 Å². The summed E-state index contributed by atoms with van der Waals surface area (Å²) in [6.07, 6.45) is 4.18. The minimum atomic E-state index is 0.0500. The van der Waals surface area contributed by atoms with Crippen LogP contribution in [0.1, 0.15) is 30.1 Å². The molecule has 1 aliphatic rings. The highest BCUT2D eigenvalue weighted by Gasteiger charge is 2.36. The molecule has 1 saturated carbocycles. The first-order chi connectivity index (χ1) is 8.28. The summed E-state index contributed by atoms with van der Waals surface area (Å²) in [5.74, 6) is 0.740. The topological polar surface area (TPSA) is 44.9 Å². The monoisotopic (exact) mass is 228 g/mol. The van der Waals surface area contributed by atoms with Gasteiger partial charge in [-0.25, -0.2) is 0 Å². The molecular formula is C14H16N2O. The average molecular weight is 228 g/mol. The van der Waals surface area contributed by atoms with Crippen LogP contribution in [-0.2, 0) is 0 Å². The highest BCUT2D eigenvalue weighted by atomic mass is 16.1. The zero-order valence-electron chi connectivity index (χ0n) is 9.86. The fourth-order valence-corrected chi connectivity index (χ4v) is 2.32. The summed E-state index contributed by atoms with van der Waals surface area (Å²) in [4.78, 5) is 15.1. The van der Waals surface area contributed by atoms with Crippen LogP contribution in [0.15, 0.2) is 30.5 Å². The Labute approximate surface area is 100 Å². The Morgan fingerprint density at radius 2 is 2.35 bits per heavy atom. The molecule has 1 heterocycles. The van der Waals surface area contributed by atoms with Crippen molar-refractivity contribution in [3.8, 4) is 0 Å². The van der Waals surface area contributed by atoms with E-state index in [0.717, 1.165) is 29.3 Å². The van der Waals surface area contributed by atoms with Crippen LogP contribution >= 0.6 is 0 Å². The van der Waals surface area contributed by atoms with Crippen LogP contribution in [0.2, 0.25) is 0 Å². The molecule has 2 N–H and O–H groups in total. The maximum Gasteiger partial charge on any atom is 0.251 e. The zero-order valence-corrected chi connectivity index (χ0v) is 9.86. The minimum absolute atomic E-state index is 0.0500. The molecule has 0 saturated heterocycles. The fraction of sp³-hybridized carbons (Fsp3) is 0.357. The lowest BCUT2D eigenvalue weighted by Crippen LogP contribution is -2.26. The molecule has 17 heavy (non-hydrogen) atoms. The first-order valence-corrected chi connectivity index (χ1v) is 6.16. The van der Waals surface area contributed by atoms with Crippen LogP contribution in [0.4, 0.5) is 0 Å². The van der Waals surface area contributed by atoms with E-state index < -0.39 is 0 Å². The Balaban J connectivity index is 1.76. The molecule has 3 heteroatoms. The number of carbonyl (C=O) groups excluding carboxylic acids is 1. The van der Waals surface area contributed by atoms with Gasteiger partial charge in [-0.05, 0) is 36.6 Å². The summed E-state index contributed by atoms with van der Waals surface area (Å²) in [5, 5.41) is 4.16. The van der Waals surface area contributed by atoms with Crippen LogP contribution in [0, 0.1) is 5.92 Å². The molecule has 0 radical (unpaired) electrons. The number of aromatic amines is 1. The molecule has 2 atom stereocenters. The van der Waals surface area contributed by atoms with Crippen molar-refractivity contribution in [2.75, 3.05) is 0 Å². The molecule has 2 unspecified atom stereocenters. The van der Waals surface area contributed by atoms with Gasteiger partial charge >= 0.3 is 0 Å². The van der Waals surface area contributed by atoms with Gasteiger partial charge in [0.15, 0.2) is 0 Å². The number of hydrogen-bond donors (Lipinski definition) is 2. The summed E-state index contributed by atoms with van der Waals surface area (Å²) < 4.78 is 0. The third kappa shape index (κ3) is 1.93. The van der Waals surface area contributed by atoms with Crippen LogP contribution < -0.4 is 5.32 Å². The summed E-state index contributed by atoms with van der Waals surface area (Å²) >= 11 is 0. The molecule has 0 bridgehead atoms. The maximum absolute atomic E-state index is 12.0. The van der Waals surface area contributed by atoms with E-state index in [2.05, 4.69) is 17.2 Å². The van der Waals surface area contributed by atoms with E-state index in [0.29, 0.717) is 12.0 Å². The number of hydrogen-bond acceptors (Lipinski definition) is 1. The van der Waals surface area contributed by atoms with E-state index >= 15 is 0 Å². The predicted octanol–water partition coefficient (Wildman–Crippen LogP) is 2.70. The number of amides is 1. The third-order valence-electron chi connectivity index (χ3n) is 3.58. The van der Waals surface area contributed by atoms with Gasteiger partial charge in [-0.1, -0.05) is 13.3 Å². The van der Waals surface area contributed by atoms with E-state index in [4.69, 9.17) is 0 Å². The molecular weight excluding hydrogens is 212 g/mol. The number of nitrogens with one attached hydrogen (secondary N) is 2. The summed E-state index contributed by atoms with van der Waals surface area (Å²) in [6, 6.07) is 8.14. The highest BCUT2D eigenvalue weighted by molar-refractivity contribution is 5.98. The lowest BCUT2D eigenvalue weighted by molar-refractivity contribution is 0.0949. The van der Waals surface area contributed by atoms with E-state index in [-0.39, 0.29) is 5.91 Å². The average Bonchev–Trinajstić information content (AvgIpc) is 2.92. The Hall–Kier alpha value is -1.77. The van der Waals surface area contributed by atoms with Crippen LogP contribution in [0.5, 0.6) is 0 Å². The van der Waals surface area contributed by atoms with Crippen molar-refractivity contribution in [3.63, 3.8) is 0 Å². The fourth-order valence-electron chi connectivity index (χ4n) is 2.32. The second-order valence-corrected chi connectivity index (χ2v) is 4.76. The van der Waals surface area contributed by atoms with E-state index in [9.17, 15) is 4.79 Å². The molecule has 1 aromatic carbocycles. The Bertz CT molecular complexity index is 558. The Morgan fingerprint density at radius 1 is 1.47 bits per heavy atom. The van der Waals surface area contributed by atoms with Gasteiger partial charge in [-0.15, -0.1) is 0 Å². The maximum atomic E-state index is 12.0. The van der Waals surface area contributed by atoms with Crippen LogP contribution in [0.25, 0.3) is 10.9 Å². The number of H-pyrrole nitrogens is 1. The number of benzene rings is 1. The molecule has 0 aliphatic heterocycles. The van der Waals surface area contributed by atoms with Gasteiger partial charge in [0.05, 0.1) is 0 Å². The molecule has 3 rings (SSSR count). The van der Waals surface area contributed by atoms with Crippen molar-refractivity contribution < 1.29 is 4.79 Å². The van der Waals surface area contributed by atoms with Crippen molar-refractivity contribution in [3.05, 3.63) is 36.0 Å². The van der Waals surface area contributed by atoms with Crippen molar-refractivity contribution >= 4 is 16.8 Å². The Kier molecular flexibility index (Phi) is 2.39. The standard InChI is InChI=1S/C14H16N2O/c1-2-9-8-13(9)16-14(17)11-3-4-12-10(7-11)5-6-15-12/h3-7,9,13,15H,2,8H2,1H3,(H,16,17). The van der Waals surface area contributed by atoms with Crippen LogP contribution in [0.3, 0.4) is 0 Å². The lowest BCUT2D eigenvalue weighted by Gasteiger charge is -2.04. The molecule has 88 valence electrons. The second-order valence-electron chi connectivity index (χ2n) is 4.76. The van der Waals surface area contributed by atoms with Gasteiger partial charge in [0.2, 0.25) is 0 Å². The van der Waals surface area contributed by atoms with E-state index in [1.807, 2.05) is 30.5 Å². The summed E-state index contributed by atoms with van der Waals surface area (Å²) in [6.45, 7) is 2.17. The van der Waals surface area contributed by atoms with Gasteiger partial charge in [0.25, 0.3) is 5.91 Å². The summed E-state index contributed by atoms with van der Waals surface area (Å²) in [7, 11) is 0. The molecule has 3 nitrogen and oxygen atoms in total. The van der Waals surface area contributed by atoms with Gasteiger partial charge in [-0.3, -0.25) is 4.79 Å². The predicted molar refractivity (Wildman–Crippen MR) is 68.0 cm³/mol. The van der Waals surface area contributed by atoms with Crippen molar-refractivity contribution in [2.45, 2.75) is 25.8 Å². The first-order valence-electron chi connectivity index (χ1n) is 6.16. The number of aromatic nitrogens is 1. The highest BCUT2D eigenvalue weighted by Crippen LogP contribution is 2.33. The second kappa shape index (κ2) is 3.91. The minimum Gasteiger partial charge on any atom is -0.361 e. The molecule has 1 fully saturated rings. The smallest absolute Gasteiger partial charge is 0.251 e. The number of rotatable bonds is 3. The van der Waals surface area contributed by atoms with Crippen molar-refractivity contribution in [2.24, 2.45) is 5.92 Å². The molecule has 1 aliphatic carbocycles. The van der Waals surface area contributed by atoms with Gasteiger partial charge < -0.3 is 10.3 Å². The summed E-state index contributed by atoms with van der Waals surface area (Å²) in [5.41, 5.74) is 1.82. The van der Waals surface area contributed by atoms with Gasteiger partial charge in [0.1, 0.15) is 0 Å². The van der Waals surface area contributed by atoms with Gasteiger partial charge in [0, 0.05) is 28.7 Å².